The van der Waals surface area contributed by atoms with Crippen LogP contribution in [0.1, 0.15) is 36.0 Å². The minimum absolute atomic E-state index is 0.173. The van der Waals surface area contributed by atoms with E-state index in [9.17, 15) is 9.18 Å². The molecule has 2 heteroatoms. The van der Waals surface area contributed by atoms with Crippen molar-refractivity contribution >= 4 is 6.29 Å². The number of carbonyl (C=O) groups is 1. The molecule has 1 rings (SSSR count). The molecule has 0 bridgehead atoms. The molecule has 0 saturated carbocycles. The van der Waals surface area contributed by atoms with Gasteiger partial charge in [-0.25, -0.2) is 4.39 Å². The maximum absolute atomic E-state index is 13.1. The van der Waals surface area contributed by atoms with Gasteiger partial charge in [0.2, 0.25) is 0 Å². The highest BCUT2D eigenvalue weighted by Gasteiger charge is 2.10. The van der Waals surface area contributed by atoms with Crippen molar-refractivity contribution in [1.82, 2.24) is 0 Å². The first kappa shape index (κ1) is 10.9. The van der Waals surface area contributed by atoms with E-state index in [0.717, 1.165) is 17.4 Å². The van der Waals surface area contributed by atoms with Gasteiger partial charge in [0.05, 0.1) is 0 Å². The number of rotatable bonds is 3. The lowest BCUT2D eigenvalue weighted by Gasteiger charge is -2.13. The molecule has 0 saturated heterocycles. The number of halogens is 1. The molecule has 0 spiro atoms. The fourth-order valence-corrected chi connectivity index (χ4v) is 1.61. The van der Waals surface area contributed by atoms with Gasteiger partial charge in [-0.2, -0.15) is 0 Å². The van der Waals surface area contributed by atoms with Crippen LogP contribution in [0.4, 0.5) is 4.39 Å². The molecule has 0 aromatic heterocycles. The molecule has 1 nitrogen and oxygen atoms in total. The first-order valence-electron chi connectivity index (χ1n) is 4.76. The fraction of sp³-hybridized carbons (Fsp3) is 0.417. The third-order valence-electron chi connectivity index (χ3n) is 2.53. The highest BCUT2D eigenvalue weighted by Crippen LogP contribution is 2.24. The summed E-state index contributed by atoms with van der Waals surface area (Å²) in [4.78, 5) is 10.4. The lowest BCUT2D eigenvalue weighted by Crippen LogP contribution is -1.99. The standard InChI is InChI=1S/C12H15FO/c1-8(4-5-14)11-6-10(3)12(13)7-9(11)2/h5-8H,4H2,1-3H3. The summed E-state index contributed by atoms with van der Waals surface area (Å²) in [7, 11) is 0. The van der Waals surface area contributed by atoms with Gasteiger partial charge < -0.3 is 4.79 Å². The van der Waals surface area contributed by atoms with Crippen LogP contribution in [0, 0.1) is 19.7 Å². The van der Waals surface area contributed by atoms with Crippen LogP contribution < -0.4 is 0 Å². The molecule has 14 heavy (non-hydrogen) atoms. The van der Waals surface area contributed by atoms with Gasteiger partial charge in [-0.15, -0.1) is 0 Å². The highest BCUT2D eigenvalue weighted by atomic mass is 19.1. The van der Waals surface area contributed by atoms with Crippen LogP contribution in [0.5, 0.6) is 0 Å². The van der Waals surface area contributed by atoms with Crippen molar-refractivity contribution in [2.45, 2.75) is 33.1 Å². The van der Waals surface area contributed by atoms with E-state index in [1.165, 1.54) is 6.07 Å². The predicted octanol–water partition coefficient (Wildman–Crippen LogP) is 3.14. The Hall–Kier alpha value is -1.18. The molecule has 0 aliphatic carbocycles. The van der Waals surface area contributed by atoms with Crippen LogP contribution in [0.2, 0.25) is 0 Å². The molecule has 0 heterocycles. The van der Waals surface area contributed by atoms with E-state index in [1.807, 2.05) is 19.9 Å². The summed E-state index contributed by atoms with van der Waals surface area (Å²) in [6, 6.07) is 3.37. The normalized spacial score (nSPS) is 12.6. The summed E-state index contributed by atoms with van der Waals surface area (Å²) in [5.74, 6) is -0.00338. The van der Waals surface area contributed by atoms with Gasteiger partial charge in [0, 0.05) is 6.42 Å². The van der Waals surface area contributed by atoms with E-state index >= 15 is 0 Å². The summed E-state index contributed by atoms with van der Waals surface area (Å²) in [5.41, 5.74) is 2.63. The van der Waals surface area contributed by atoms with Gasteiger partial charge in [-0.05, 0) is 42.5 Å². The second-order valence-electron chi connectivity index (χ2n) is 3.76. The Bertz CT molecular complexity index is 344. The lowest BCUT2D eigenvalue weighted by atomic mass is 9.92. The van der Waals surface area contributed by atoms with E-state index < -0.39 is 0 Å². The molecule has 1 unspecified atom stereocenters. The zero-order valence-corrected chi connectivity index (χ0v) is 8.80. The number of carbonyl (C=O) groups excluding carboxylic acids is 1. The minimum Gasteiger partial charge on any atom is -0.303 e. The molecular formula is C12H15FO. The van der Waals surface area contributed by atoms with Crippen LogP contribution in [0.15, 0.2) is 12.1 Å². The van der Waals surface area contributed by atoms with Gasteiger partial charge in [-0.1, -0.05) is 13.0 Å². The zero-order valence-electron chi connectivity index (χ0n) is 8.80. The Morgan fingerprint density at radius 3 is 2.57 bits per heavy atom. The summed E-state index contributed by atoms with van der Waals surface area (Å²) in [6.45, 7) is 5.60. The first-order chi connectivity index (χ1) is 6.56. The fourth-order valence-electron chi connectivity index (χ4n) is 1.61. The summed E-state index contributed by atoms with van der Waals surface area (Å²) >= 11 is 0. The largest absolute Gasteiger partial charge is 0.303 e. The van der Waals surface area contributed by atoms with E-state index in [-0.39, 0.29) is 11.7 Å². The average Bonchev–Trinajstić information content (AvgIpc) is 2.11. The van der Waals surface area contributed by atoms with Crippen LogP contribution >= 0.6 is 0 Å². The molecule has 1 aromatic rings. The van der Waals surface area contributed by atoms with Gasteiger partial charge in [0.15, 0.2) is 0 Å². The van der Waals surface area contributed by atoms with Crippen LogP contribution in [-0.4, -0.2) is 6.29 Å². The molecule has 0 fully saturated rings. The maximum atomic E-state index is 13.1. The molecule has 1 aromatic carbocycles. The van der Waals surface area contributed by atoms with Gasteiger partial charge >= 0.3 is 0 Å². The van der Waals surface area contributed by atoms with Gasteiger partial charge in [0.25, 0.3) is 0 Å². The summed E-state index contributed by atoms with van der Waals surface area (Å²) in [6.07, 6.45) is 1.40. The van der Waals surface area contributed by atoms with Crippen LogP contribution in [-0.2, 0) is 4.79 Å². The molecular weight excluding hydrogens is 179 g/mol. The van der Waals surface area contributed by atoms with Crippen molar-refractivity contribution in [3.8, 4) is 0 Å². The molecule has 0 aliphatic heterocycles. The Morgan fingerprint density at radius 1 is 1.36 bits per heavy atom. The SMILES string of the molecule is Cc1cc(C(C)CC=O)c(C)cc1F. The van der Waals surface area contributed by atoms with Gasteiger partial charge in [0.1, 0.15) is 12.1 Å². The Morgan fingerprint density at radius 2 is 2.00 bits per heavy atom. The molecule has 1 atom stereocenters. The zero-order chi connectivity index (χ0) is 10.7. The van der Waals surface area contributed by atoms with E-state index in [1.54, 1.807) is 6.92 Å². The Labute approximate surface area is 83.9 Å². The second-order valence-corrected chi connectivity index (χ2v) is 3.76. The monoisotopic (exact) mass is 194 g/mol. The maximum Gasteiger partial charge on any atom is 0.126 e. The first-order valence-corrected chi connectivity index (χ1v) is 4.76. The quantitative estimate of drug-likeness (QED) is 0.675. The Balaban J connectivity index is 3.08. The van der Waals surface area contributed by atoms with Crippen molar-refractivity contribution in [2.75, 3.05) is 0 Å². The smallest absolute Gasteiger partial charge is 0.126 e. The lowest BCUT2D eigenvalue weighted by molar-refractivity contribution is -0.108. The van der Waals surface area contributed by atoms with Crippen molar-refractivity contribution in [1.29, 1.82) is 0 Å². The van der Waals surface area contributed by atoms with Gasteiger partial charge in [-0.3, -0.25) is 0 Å². The number of hydrogen-bond donors (Lipinski definition) is 0. The topological polar surface area (TPSA) is 17.1 Å². The van der Waals surface area contributed by atoms with Crippen molar-refractivity contribution in [3.63, 3.8) is 0 Å². The summed E-state index contributed by atoms with van der Waals surface area (Å²) < 4.78 is 13.1. The van der Waals surface area contributed by atoms with Crippen molar-refractivity contribution in [3.05, 3.63) is 34.6 Å². The van der Waals surface area contributed by atoms with Crippen molar-refractivity contribution < 1.29 is 9.18 Å². The summed E-state index contributed by atoms with van der Waals surface area (Å²) in [5, 5.41) is 0. The van der Waals surface area contributed by atoms with E-state index in [2.05, 4.69) is 0 Å². The van der Waals surface area contributed by atoms with E-state index in [0.29, 0.717) is 12.0 Å². The Kier molecular flexibility index (Phi) is 3.39. The predicted molar refractivity (Wildman–Crippen MR) is 55.0 cm³/mol. The number of benzene rings is 1. The van der Waals surface area contributed by atoms with Crippen molar-refractivity contribution in [2.24, 2.45) is 0 Å². The van der Waals surface area contributed by atoms with E-state index in [4.69, 9.17) is 0 Å². The average molecular weight is 194 g/mol. The van der Waals surface area contributed by atoms with Crippen LogP contribution in [0.25, 0.3) is 0 Å². The molecule has 0 N–H and O–H groups in total. The number of aldehydes is 1. The molecule has 0 amide bonds. The number of hydrogen-bond acceptors (Lipinski definition) is 1. The number of aryl methyl sites for hydroxylation is 2. The second kappa shape index (κ2) is 4.36. The van der Waals surface area contributed by atoms with Crippen LogP contribution in [0.3, 0.4) is 0 Å². The third-order valence-corrected chi connectivity index (χ3v) is 2.53. The minimum atomic E-state index is -0.176. The molecule has 0 radical (unpaired) electrons. The molecule has 76 valence electrons. The third kappa shape index (κ3) is 2.19. The molecule has 0 aliphatic rings. The highest BCUT2D eigenvalue weighted by molar-refractivity contribution is 5.52.